The number of rotatable bonds is 1. The maximum atomic E-state index is 6.07. The van der Waals surface area contributed by atoms with E-state index in [1.807, 2.05) is 0 Å². The molecule has 2 rings (SSSR count). The van der Waals surface area contributed by atoms with Crippen LogP contribution < -0.4 is 0 Å². The summed E-state index contributed by atoms with van der Waals surface area (Å²) in [6, 6.07) is 0. The topological polar surface area (TPSA) is 0 Å². The van der Waals surface area contributed by atoms with Crippen molar-refractivity contribution in [2.45, 2.75) is 45.3 Å². The second-order valence-corrected chi connectivity index (χ2v) is 4.58. The fourth-order valence-electron chi connectivity index (χ4n) is 3.52. The minimum Gasteiger partial charge on any atom is -0.0738 e. The summed E-state index contributed by atoms with van der Waals surface area (Å²) in [4.78, 5) is 0. The molecule has 0 aromatic heterocycles. The van der Waals surface area contributed by atoms with Crippen LogP contribution >= 0.6 is 0 Å². The van der Waals surface area contributed by atoms with Gasteiger partial charge in [-0.3, -0.25) is 0 Å². The Labute approximate surface area is 71.2 Å². The van der Waals surface area contributed by atoms with Crippen molar-refractivity contribution < 1.29 is 0 Å². The molecule has 1 heteroatoms. The highest BCUT2D eigenvalue weighted by molar-refractivity contribution is 6.12. The molecule has 0 nitrogen and oxygen atoms in total. The van der Waals surface area contributed by atoms with E-state index in [1.165, 1.54) is 25.7 Å². The van der Waals surface area contributed by atoms with E-state index in [-0.39, 0.29) is 0 Å². The molecule has 2 radical (unpaired) electrons. The first-order chi connectivity index (χ1) is 5.19. The van der Waals surface area contributed by atoms with Gasteiger partial charge in [0.2, 0.25) is 0 Å². The standard InChI is InChI=1S/C10H17B/c1-3-10-5-4-8(7(10)2)9(11)6-10/h7-9H,3-6H2,1-2H3/t7?,8-,9+,10+/m0/s1. The number of hydrogen-bond donors (Lipinski definition) is 0. The van der Waals surface area contributed by atoms with E-state index in [2.05, 4.69) is 13.8 Å². The lowest BCUT2D eigenvalue weighted by molar-refractivity contribution is 0.225. The lowest BCUT2D eigenvalue weighted by Gasteiger charge is -2.29. The summed E-state index contributed by atoms with van der Waals surface area (Å²) in [7, 11) is 6.07. The Morgan fingerprint density at radius 2 is 2.27 bits per heavy atom. The van der Waals surface area contributed by atoms with Crippen LogP contribution in [0.15, 0.2) is 0 Å². The van der Waals surface area contributed by atoms with Gasteiger partial charge in [-0.25, -0.2) is 0 Å². The molecular formula is C10H17B. The van der Waals surface area contributed by atoms with Crippen molar-refractivity contribution in [2.24, 2.45) is 17.3 Å². The van der Waals surface area contributed by atoms with Gasteiger partial charge in [0.1, 0.15) is 0 Å². The fraction of sp³-hybridized carbons (Fsp3) is 1.00. The highest BCUT2D eigenvalue weighted by Gasteiger charge is 2.52. The van der Waals surface area contributed by atoms with Crippen molar-refractivity contribution in [1.82, 2.24) is 0 Å². The molecule has 0 aromatic rings. The predicted molar refractivity (Wildman–Crippen MR) is 48.7 cm³/mol. The predicted octanol–water partition coefficient (Wildman–Crippen LogP) is 2.79. The van der Waals surface area contributed by atoms with Crippen LogP contribution in [0.4, 0.5) is 0 Å². The molecule has 1 unspecified atom stereocenters. The molecule has 2 fully saturated rings. The summed E-state index contributed by atoms with van der Waals surface area (Å²) >= 11 is 0. The zero-order chi connectivity index (χ0) is 8.06. The van der Waals surface area contributed by atoms with Crippen LogP contribution in [-0.4, -0.2) is 7.85 Å². The average molecular weight is 148 g/mol. The lowest BCUT2D eigenvalue weighted by Crippen LogP contribution is -2.18. The zero-order valence-electron chi connectivity index (χ0n) is 7.64. The van der Waals surface area contributed by atoms with Gasteiger partial charge < -0.3 is 0 Å². The van der Waals surface area contributed by atoms with Gasteiger partial charge in [0.25, 0.3) is 0 Å². The molecule has 0 amide bonds. The summed E-state index contributed by atoms with van der Waals surface area (Å²) in [5.74, 6) is 2.29. The van der Waals surface area contributed by atoms with E-state index in [4.69, 9.17) is 7.85 Å². The third-order valence-electron chi connectivity index (χ3n) is 4.48. The van der Waals surface area contributed by atoms with Gasteiger partial charge in [0, 0.05) is 0 Å². The minimum atomic E-state index is 0.527. The lowest BCUT2D eigenvalue weighted by atomic mass is 9.70. The van der Waals surface area contributed by atoms with Gasteiger partial charge in [0.05, 0.1) is 7.85 Å². The normalized spacial score (nSPS) is 55.3. The Bertz CT molecular complexity index is 166. The Kier molecular flexibility index (Phi) is 1.59. The van der Waals surface area contributed by atoms with Crippen molar-refractivity contribution in [3.05, 3.63) is 0 Å². The third kappa shape index (κ3) is 0.831. The monoisotopic (exact) mass is 148 g/mol. The highest BCUT2D eigenvalue weighted by Crippen LogP contribution is 2.63. The quantitative estimate of drug-likeness (QED) is 0.501. The molecule has 2 aliphatic rings. The molecule has 0 aromatic carbocycles. The van der Waals surface area contributed by atoms with Gasteiger partial charge >= 0.3 is 0 Å². The maximum Gasteiger partial charge on any atom is 0.0703 e. The maximum absolute atomic E-state index is 6.07. The van der Waals surface area contributed by atoms with Gasteiger partial charge in [-0.15, -0.1) is 0 Å². The molecule has 0 aliphatic heterocycles. The largest absolute Gasteiger partial charge is 0.0738 e. The van der Waals surface area contributed by atoms with Crippen molar-refractivity contribution >= 4 is 7.85 Å². The summed E-state index contributed by atoms with van der Waals surface area (Å²) in [5, 5.41) is 0. The summed E-state index contributed by atoms with van der Waals surface area (Å²) < 4.78 is 0. The summed E-state index contributed by atoms with van der Waals surface area (Å²) in [5.41, 5.74) is 0.657. The molecule has 2 bridgehead atoms. The Morgan fingerprint density at radius 1 is 1.55 bits per heavy atom. The third-order valence-corrected chi connectivity index (χ3v) is 4.48. The van der Waals surface area contributed by atoms with Crippen LogP contribution in [-0.2, 0) is 0 Å². The van der Waals surface area contributed by atoms with Crippen LogP contribution in [0, 0.1) is 17.3 Å². The van der Waals surface area contributed by atoms with Gasteiger partial charge in [-0.05, 0) is 23.7 Å². The Morgan fingerprint density at radius 3 is 2.55 bits per heavy atom. The Hall–Kier alpha value is 0.0649. The van der Waals surface area contributed by atoms with Gasteiger partial charge in [-0.1, -0.05) is 38.9 Å². The molecule has 2 saturated carbocycles. The minimum absolute atomic E-state index is 0.527. The highest BCUT2D eigenvalue weighted by atomic mass is 14.6. The fourth-order valence-corrected chi connectivity index (χ4v) is 3.52. The van der Waals surface area contributed by atoms with Crippen LogP contribution in [0.2, 0.25) is 5.82 Å². The second kappa shape index (κ2) is 2.28. The van der Waals surface area contributed by atoms with E-state index in [0.29, 0.717) is 11.2 Å². The van der Waals surface area contributed by atoms with Crippen LogP contribution in [0.25, 0.3) is 0 Å². The van der Waals surface area contributed by atoms with E-state index in [9.17, 15) is 0 Å². The molecule has 11 heavy (non-hydrogen) atoms. The first-order valence-corrected chi connectivity index (χ1v) is 4.95. The SMILES string of the molecule is [B][C@@H]1C[C@@]2(CC)CC[C@H]1C2C. The van der Waals surface area contributed by atoms with E-state index >= 15 is 0 Å². The second-order valence-electron chi connectivity index (χ2n) is 4.58. The molecule has 0 N–H and O–H groups in total. The van der Waals surface area contributed by atoms with Crippen LogP contribution in [0.1, 0.15) is 39.5 Å². The van der Waals surface area contributed by atoms with Crippen molar-refractivity contribution in [1.29, 1.82) is 0 Å². The average Bonchev–Trinajstić information content (AvgIpc) is 2.42. The molecule has 60 valence electrons. The van der Waals surface area contributed by atoms with Crippen LogP contribution in [0.3, 0.4) is 0 Å². The summed E-state index contributed by atoms with van der Waals surface area (Å²) in [6.45, 7) is 4.74. The van der Waals surface area contributed by atoms with Gasteiger partial charge in [-0.2, -0.15) is 0 Å². The Balaban J connectivity index is 2.24. The summed E-state index contributed by atoms with van der Waals surface area (Å²) in [6.07, 6.45) is 5.49. The van der Waals surface area contributed by atoms with Crippen LogP contribution in [0.5, 0.6) is 0 Å². The van der Waals surface area contributed by atoms with Crippen molar-refractivity contribution in [3.63, 3.8) is 0 Å². The van der Waals surface area contributed by atoms with Gasteiger partial charge in [0.15, 0.2) is 0 Å². The molecular weight excluding hydrogens is 131 g/mol. The molecule has 0 spiro atoms. The molecule has 0 saturated heterocycles. The zero-order valence-corrected chi connectivity index (χ0v) is 7.64. The molecule has 2 aliphatic carbocycles. The smallest absolute Gasteiger partial charge is 0.0703 e. The molecule has 0 heterocycles. The van der Waals surface area contributed by atoms with Crippen molar-refractivity contribution in [3.8, 4) is 0 Å². The first-order valence-electron chi connectivity index (χ1n) is 4.95. The van der Waals surface area contributed by atoms with E-state index in [0.717, 1.165) is 11.8 Å². The van der Waals surface area contributed by atoms with E-state index in [1.54, 1.807) is 0 Å². The van der Waals surface area contributed by atoms with Crippen molar-refractivity contribution in [2.75, 3.05) is 0 Å². The first kappa shape index (κ1) is 7.70. The molecule has 4 atom stereocenters. The number of hydrogen-bond acceptors (Lipinski definition) is 0. The van der Waals surface area contributed by atoms with E-state index < -0.39 is 0 Å². The number of fused-ring (bicyclic) bond motifs is 2.